The second-order valence-corrected chi connectivity index (χ2v) is 6.88. The van der Waals surface area contributed by atoms with Gasteiger partial charge in [0.1, 0.15) is 18.1 Å². The lowest BCUT2D eigenvalue weighted by Gasteiger charge is -2.13. The highest BCUT2D eigenvalue weighted by Gasteiger charge is 2.12. The number of benzene rings is 1. The third kappa shape index (κ3) is 5.21. The molecule has 146 valence electrons. The Morgan fingerprint density at radius 2 is 2.11 bits per heavy atom. The summed E-state index contributed by atoms with van der Waals surface area (Å²) >= 11 is 0. The molecule has 0 atom stereocenters. The maximum Gasteiger partial charge on any atom is 0.191 e. The Hall–Kier alpha value is -2.57. The molecule has 0 radical (unpaired) electrons. The number of aryl methyl sites for hydroxylation is 1. The summed E-state index contributed by atoms with van der Waals surface area (Å²) in [4.78, 5) is 4.68. The number of hydrogen-bond donors (Lipinski definition) is 2. The van der Waals surface area contributed by atoms with Crippen LogP contribution in [0.4, 0.5) is 0 Å². The third-order valence-electron chi connectivity index (χ3n) is 4.84. The fourth-order valence-electron chi connectivity index (χ4n) is 3.02. The number of ether oxygens (including phenoxy) is 1. The summed E-state index contributed by atoms with van der Waals surface area (Å²) in [5.74, 6) is 3.62. The van der Waals surface area contributed by atoms with E-state index in [1.165, 1.54) is 11.1 Å². The Balaban J connectivity index is 1.55. The minimum absolute atomic E-state index is 0.509. The van der Waals surface area contributed by atoms with Gasteiger partial charge in [-0.25, -0.2) is 4.99 Å². The Morgan fingerprint density at radius 1 is 1.26 bits per heavy atom. The lowest BCUT2D eigenvalue weighted by molar-refractivity contribution is 0.357. The van der Waals surface area contributed by atoms with Gasteiger partial charge in [-0.15, -0.1) is 10.2 Å². The van der Waals surface area contributed by atoms with E-state index in [9.17, 15) is 0 Å². The smallest absolute Gasteiger partial charge is 0.191 e. The summed E-state index contributed by atoms with van der Waals surface area (Å²) in [6, 6.07) is 6.49. The van der Waals surface area contributed by atoms with Gasteiger partial charge in [0.05, 0.1) is 6.61 Å². The van der Waals surface area contributed by atoms with Crippen molar-refractivity contribution < 1.29 is 4.74 Å². The molecule has 2 heterocycles. The number of rotatable bonds is 8. The first-order valence-corrected chi connectivity index (χ1v) is 9.79. The molecule has 1 aromatic carbocycles. The first kappa shape index (κ1) is 19.2. The van der Waals surface area contributed by atoms with Gasteiger partial charge in [-0.2, -0.15) is 0 Å². The number of unbranched alkanes of at least 4 members (excludes halogenated alkanes) is 1. The highest BCUT2D eigenvalue weighted by Crippen LogP contribution is 2.25. The van der Waals surface area contributed by atoms with Gasteiger partial charge in [-0.3, -0.25) is 0 Å². The van der Waals surface area contributed by atoms with Gasteiger partial charge in [0.25, 0.3) is 0 Å². The molecule has 0 amide bonds. The second kappa shape index (κ2) is 9.39. The number of fused-ring (bicyclic) bond motifs is 1. The quantitative estimate of drug-likeness (QED) is 0.423. The van der Waals surface area contributed by atoms with Crippen molar-refractivity contribution in [3.8, 4) is 5.75 Å². The van der Waals surface area contributed by atoms with Crippen LogP contribution in [-0.4, -0.2) is 40.4 Å². The van der Waals surface area contributed by atoms with Crippen LogP contribution in [0, 0.1) is 6.92 Å². The molecule has 0 saturated carbocycles. The van der Waals surface area contributed by atoms with Gasteiger partial charge in [-0.05, 0) is 37.0 Å². The van der Waals surface area contributed by atoms with Crippen molar-refractivity contribution in [1.29, 1.82) is 0 Å². The summed E-state index contributed by atoms with van der Waals surface area (Å²) in [7, 11) is 1.97. The summed E-state index contributed by atoms with van der Waals surface area (Å²) in [5.41, 5.74) is 2.64. The van der Waals surface area contributed by atoms with Gasteiger partial charge in [0.15, 0.2) is 11.8 Å². The number of nitrogens with zero attached hydrogens (tertiary/aromatic N) is 4. The standard InChI is InChI=1S/C20H30N6O/c1-4-5-10-21-20(23-14-19-25-24-15(2)26(19)3)22-11-8-16-6-7-18-17(13-16)9-12-27-18/h6-7,13H,4-5,8-12,14H2,1-3H3,(H2,21,22,23). The van der Waals surface area contributed by atoms with Crippen molar-refractivity contribution in [2.45, 2.75) is 46.1 Å². The molecule has 0 fully saturated rings. The molecule has 7 heteroatoms. The third-order valence-corrected chi connectivity index (χ3v) is 4.84. The first-order valence-electron chi connectivity index (χ1n) is 9.79. The predicted octanol–water partition coefficient (Wildman–Crippen LogP) is 2.14. The van der Waals surface area contributed by atoms with Gasteiger partial charge in [-0.1, -0.05) is 25.5 Å². The maximum atomic E-state index is 5.58. The first-order chi connectivity index (χ1) is 13.2. The lowest BCUT2D eigenvalue weighted by Crippen LogP contribution is -2.39. The molecule has 2 N–H and O–H groups in total. The van der Waals surface area contributed by atoms with E-state index < -0.39 is 0 Å². The number of aromatic nitrogens is 3. The van der Waals surface area contributed by atoms with E-state index in [-0.39, 0.29) is 0 Å². The number of guanidine groups is 1. The molecule has 2 aromatic rings. The van der Waals surface area contributed by atoms with E-state index in [0.717, 1.165) is 68.7 Å². The van der Waals surface area contributed by atoms with Crippen LogP contribution in [-0.2, 0) is 26.4 Å². The fourth-order valence-corrected chi connectivity index (χ4v) is 3.02. The zero-order valence-electron chi connectivity index (χ0n) is 16.6. The highest BCUT2D eigenvalue weighted by atomic mass is 16.5. The van der Waals surface area contributed by atoms with Crippen LogP contribution in [0.3, 0.4) is 0 Å². The van der Waals surface area contributed by atoms with E-state index >= 15 is 0 Å². The van der Waals surface area contributed by atoms with E-state index in [0.29, 0.717) is 6.54 Å². The predicted molar refractivity (Wildman–Crippen MR) is 107 cm³/mol. The molecule has 0 saturated heterocycles. The number of aliphatic imine (C=N–C) groups is 1. The Bertz CT molecular complexity index is 783. The molecule has 0 unspecified atom stereocenters. The summed E-state index contributed by atoms with van der Waals surface area (Å²) in [6.07, 6.45) is 4.23. The van der Waals surface area contributed by atoms with Crippen molar-refractivity contribution >= 4 is 5.96 Å². The molecule has 1 aromatic heterocycles. The minimum atomic E-state index is 0.509. The molecule has 0 spiro atoms. The molecular formula is C20H30N6O. The van der Waals surface area contributed by atoms with Gasteiger partial charge >= 0.3 is 0 Å². The van der Waals surface area contributed by atoms with Crippen molar-refractivity contribution in [2.24, 2.45) is 12.0 Å². The molecule has 1 aliphatic rings. The Morgan fingerprint density at radius 3 is 2.89 bits per heavy atom. The van der Waals surface area contributed by atoms with Crippen LogP contribution in [0.15, 0.2) is 23.2 Å². The summed E-state index contributed by atoms with van der Waals surface area (Å²) in [6.45, 7) is 7.18. The van der Waals surface area contributed by atoms with Gasteiger partial charge in [0, 0.05) is 26.6 Å². The van der Waals surface area contributed by atoms with E-state index in [4.69, 9.17) is 4.74 Å². The molecule has 3 rings (SSSR count). The van der Waals surface area contributed by atoms with Crippen LogP contribution in [0.25, 0.3) is 0 Å². The van der Waals surface area contributed by atoms with Crippen molar-refractivity contribution in [2.75, 3.05) is 19.7 Å². The van der Waals surface area contributed by atoms with Gasteiger partial charge < -0.3 is 19.9 Å². The molecule has 0 aliphatic carbocycles. The lowest BCUT2D eigenvalue weighted by atomic mass is 10.1. The zero-order valence-corrected chi connectivity index (χ0v) is 16.6. The largest absolute Gasteiger partial charge is 0.493 e. The molecule has 0 bridgehead atoms. The number of nitrogens with one attached hydrogen (secondary N) is 2. The maximum absolute atomic E-state index is 5.58. The van der Waals surface area contributed by atoms with Crippen LogP contribution in [0.2, 0.25) is 0 Å². The molecule has 27 heavy (non-hydrogen) atoms. The Labute approximate surface area is 161 Å². The van der Waals surface area contributed by atoms with E-state index in [1.54, 1.807) is 0 Å². The van der Waals surface area contributed by atoms with Gasteiger partial charge in [0.2, 0.25) is 0 Å². The topological polar surface area (TPSA) is 76.4 Å². The average Bonchev–Trinajstić information content (AvgIpc) is 3.26. The summed E-state index contributed by atoms with van der Waals surface area (Å²) in [5, 5.41) is 15.1. The fraction of sp³-hybridized carbons (Fsp3) is 0.550. The van der Waals surface area contributed by atoms with Crippen molar-refractivity contribution in [3.05, 3.63) is 41.0 Å². The van der Waals surface area contributed by atoms with Crippen molar-refractivity contribution in [3.63, 3.8) is 0 Å². The van der Waals surface area contributed by atoms with E-state index in [1.807, 2.05) is 18.5 Å². The normalized spacial score (nSPS) is 13.4. The Kier molecular flexibility index (Phi) is 6.68. The van der Waals surface area contributed by atoms with Crippen LogP contribution >= 0.6 is 0 Å². The molecular weight excluding hydrogens is 340 g/mol. The van der Waals surface area contributed by atoms with E-state index in [2.05, 4.69) is 50.9 Å². The van der Waals surface area contributed by atoms with Crippen LogP contribution < -0.4 is 15.4 Å². The average molecular weight is 371 g/mol. The second-order valence-electron chi connectivity index (χ2n) is 6.88. The number of hydrogen-bond acceptors (Lipinski definition) is 4. The van der Waals surface area contributed by atoms with Crippen molar-refractivity contribution in [1.82, 2.24) is 25.4 Å². The molecule has 7 nitrogen and oxygen atoms in total. The zero-order chi connectivity index (χ0) is 19.1. The van der Waals surface area contributed by atoms with Crippen LogP contribution in [0.1, 0.15) is 42.5 Å². The monoisotopic (exact) mass is 370 g/mol. The summed E-state index contributed by atoms with van der Waals surface area (Å²) < 4.78 is 7.55. The SMILES string of the molecule is CCCCNC(=NCc1nnc(C)n1C)NCCc1ccc2c(c1)CCO2. The highest BCUT2D eigenvalue weighted by molar-refractivity contribution is 5.79. The molecule has 1 aliphatic heterocycles. The van der Waals surface area contributed by atoms with Crippen LogP contribution in [0.5, 0.6) is 5.75 Å². The minimum Gasteiger partial charge on any atom is -0.493 e.